The van der Waals surface area contributed by atoms with E-state index >= 15 is 0 Å². The van der Waals surface area contributed by atoms with E-state index in [-0.39, 0.29) is 5.41 Å². The Morgan fingerprint density at radius 1 is 0.345 bits per heavy atom. The van der Waals surface area contributed by atoms with E-state index in [9.17, 15) is 0 Å². The summed E-state index contributed by atoms with van der Waals surface area (Å²) in [6.07, 6.45) is 0. The molecule has 0 saturated heterocycles. The minimum absolute atomic E-state index is 0.0867. The number of benzene rings is 8. The number of fused-ring (bicyclic) bond motifs is 6. The fourth-order valence-electron chi connectivity index (χ4n) is 8.81. The lowest BCUT2D eigenvalue weighted by molar-refractivity contribution is 0.660. The van der Waals surface area contributed by atoms with Gasteiger partial charge in [-0.25, -0.2) is 15.0 Å². The Kier molecular flexibility index (Phi) is 7.80. The van der Waals surface area contributed by atoms with E-state index in [0.29, 0.717) is 17.5 Å². The van der Waals surface area contributed by atoms with Crippen LogP contribution in [-0.4, -0.2) is 15.0 Å². The SMILES string of the molecule is CC1(C)c2ccccc2-c2ccc(-c3ccc4oc5cccc(-c6nc(-c7ccc(-c8ccccc8)cc7)nc(-c7ccccc7-c7ccccc7)n6)c5c4c3)cc21. The molecule has 8 aromatic carbocycles. The van der Waals surface area contributed by atoms with E-state index in [1.807, 2.05) is 30.3 Å². The lowest BCUT2D eigenvalue weighted by atomic mass is 9.81. The molecule has 0 spiro atoms. The Labute approximate surface area is 337 Å². The van der Waals surface area contributed by atoms with Gasteiger partial charge < -0.3 is 4.42 Å². The first-order chi connectivity index (χ1) is 28.5. The van der Waals surface area contributed by atoms with Crippen molar-refractivity contribution in [2.24, 2.45) is 0 Å². The van der Waals surface area contributed by atoms with Gasteiger partial charge in [-0.05, 0) is 79.9 Å². The maximum Gasteiger partial charge on any atom is 0.164 e. The topological polar surface area (TPSA) is 51.8 Å². The van der Waals surface area contributed by atoms with Crippen LogP contribution in [0.4, 0.5) is 0 Å². The van der Waals surface area contributed by atoms with Gasteiger partial charge in [-0.3, -0.25) is 0 Å². The van der Waals surface area contributed by atoms with Crippen LogP contribution in [-0.2, 0) is 5.41 Å². The summed E-state index contributed by atoms with van der Waals surface area (Å²) in [7, 11) is 0. The minimum Gasteiger partial charge on any atom is -0.456 e. The first kappa shape index (κ1) is 33.9. The molecular weight excluding hydrogens is 707 g/mol. The van der Waals surface area contributed by atoms with Gasteiger partial charge in [0.2, 0.25) is 0 Å². The molecule has 0 bridgehead atoms. The van der Waals surface area contributed by atoms with Gasteiger partial charge in [-0.15, -0.1) is 0 Å². The van der Waals surface area contributed by atoms with E-state index < -0.39 is 0 Å². The quantitative estimate of drug-likeness (QED) is 0.170. The van der Waals surface area contributed by atoms with Gasteiger partial charge >= 0.3 is 0 Å². The zero-order valence-electron chi connectivity index (χ0n) is 32.1. The Bertz CT molecular complexity index is 3180. The molecule has 4 nitrogen and oxygen atoms in total. The van der Waals surface area contributed by atoms with Crippen molar-refractivity contribution < 1.29 is 4.42 Å². The zero-order valence-corrected chi connectivity index (χ0v) is 32.1. The fourth-order valence-corrected chi connectivity index (χ4v) is 8.81. The van der Waals surface area contributed by atoms with Crippen molar-refractivity contribution in [3.05, 3.63) is 199 Å². The highest BCUT2D eigenvalue weighted by Gasteiger charge is 2.35. The summed E-state index contributed by atoms with van der Waals surface area (Å²) in [6, 6.07) is 66.0. The highest BCUT2D eigenvalue weighted by atomic mass is 16.3. The largest absolute Gasteiger partial charge is 0.456 e. The van der Waals surface area contributed by atoms with Crippen molar-refractivity contribution in [3.8, 4) is 78.7 Å². The second kappa shape index (κ2) is 13.4. The highest BCUT2D eigenvalue weighted by Crippen LogP contribution is 2.50. The summed E-state index contributed by atoms with van der Waals surface area (Å²) in [5, 5.41) is 2.00. The summed E-state index contributed by atoms with van der Waals surface area (Å²) in [4.78, 5) is 15.7. The summed E-state index contributed by atoms with van der Waals surface area (Å²) < 4.78 is 6.55. The number of aromatic nitrogens is 3. The molecule has 0 N–H and O–H groups in total. The smallest absolute Gasteiger partial charge is 0.164 e. The molecule has 10 aromatic rings. The Morgan fingerprint density at radius 2 is 0.879 bits per heavy atom. The standard InChI is InChI=1S/C54H37N3O/c1-54(2)46-22-12-11-19-41(46)42-30-28-39(33-47(42)54)38-29-31-48-45(32-38)50-44(21-13-23-49(50)58-48)53-56-51(37-26-24-35(25-27-37)34-14-5-3-6-15-34)55-52(57-53)43-20-10-9-18-40(43)36-16-7-4-8-17-36/h3-33H,1-2H3. The van der Waals surface area contributed by atoms with Gasteiger partial charge in [-0.2, -0.15) is 0 Å². The van der Waals surface area contributed by atoms with Crippen LogP contribution in [0.1, 0.15) is 25.0 Å². The monoisotopic (exact) mass is 743 g/mol. The molecule has 1 aliphatic rings. The first-order valence-electron chi connectivity index (χ1n) is 19.8. The third-order valence-corrected chi connectivity index (χ3v) is 11.8. The molecule has 1 aliphatic carbocycles. The van der Waals surface area contributed by atoms with Crippen molar-refractivity contribution in [2.75, 3.05) is 0 Å². The van der Waals surface area contributed by atoms with Crippen molar-refractivity contribution in [1.29, 1.82) is 0 Å². The summed E-state index contributed by atoms with van der Waals surface area (Å²) >= 11 is 0. The summed E-state index contributed by atoms with van der Waals surface area (Å²) in [5.41, 5.74) is 16.4. The molecular formula is C54H37N3O. The van der Waals surface area contributed by atoms with E-state index in [2.05, 4.69) is 172 Å². The van der Waals surface area contributed by atoms with Crippen molar-refractivity contribution >= 4 is 21.9 Å². The van der Waals surface area contributed by atoms with Crippen LogP contribution >= 0.6 is 0 Å². The predicted molar refractivity (Wildman–Crippen MR) is 237 cm³/mol. The van der Waals surface area contributed by atoms with E-state index in [1.54, 1.807) is 0 Å². The van der Waals surface area contributed by atoms with Crippen molar-refractivity contribution in [2.45, 2.75) is 19.3 Å². The van der Waals surface area contributed by atoms with E-state index in [4.69, 9.17) is 19.4 Å². The number of nitrogens with zero attached hydrogens (tertiary/aromatic N) is 3. The highest BCUT2D eigenvalue weighted by molar-refractivity contribution is 6.13. The molecule has 0 fully saturated rings. The van der Waals surface area contributed by atoms with Crippen LogP contribution in [0.15, 0.2) is 192 Å². The number of hydrogen-bond donors (Lipinski definition) is 0. The zero-order chi connectivity index (χ0) is 38.8. The van der Waals surface area contributed by atoms with E-state index in [0.717, 1.165) is 66.4 Å². The molecule has 0 saturated carbocycles. The Balaban J connectivity index is 1.08. The lowest BCUT2D eigenvalue weighted by Crippen LogP contribution is -2.14. The molecule has 58 heavy (non-hydrogen) atoms. The number of rotatable bonds is 6. The second-order valence-electron chi connectivity index (χ2n) is 15.6. The van der Waals surface area contributed by atoms with Crippen LogP contribution in [0.25, 0.3) is 101 Å². The average molecular weight is 744 g/mol. The molecule has 274 valence electrons. The van der Waals surface area contributed by atoms with Crippen LogP contribution in [0, 0.1) is 0 Å². The van der Waals surface area contributed by atoms with Crippen molar-refractivity contribution in [3.63, 3.8) is 0 Å². The van der Waals surface area contributed by atoms with E-state index in [1.165, 1.54) is 27.8 Å². The van der Waals surface area contributed by atoms with Gasteiger partial charge in [0.1, 0.15) is 11.2 Å². The van der Waals surface area contributed by atoms with Crippen LogP contribution < -0.4 is 0 Å². The minimum atomic E-state index is -0.0867. The second-order valence-corrected chi connectivity index (χ2v) is 15.6. The number of hydrogen-bond acceptors (Lipinski definition) is 4. The van der Waals surface area contributed by atoms with Gasteiger partial charge in [0.25, 0.3) is 0 Å². The molecule has 0 unspecified atom stereocenters. The maximum atomic E-state index is 6.55. The molecule has 0 aliphatic heterocycles. The molecule has 2 heterocycles. The molecule has 0 amide bonds. The average Bonchev–Trinajstić information content (AvgIpc) is 3.78. The molecule has 2 aromatic heterocycles. The summed E-state index contributed by atoms with van der Waals surface area (Å²) in [6.45, 7) is 4.65. The first-order valence-corrected chi connectivity index (χ1v) is 19.8. The van der Waals surface area contributed by atoms with Gasteiger partial charge in [0.05, 0.1) is 0 Å². The molecule has 0 atom stereocenters. The summed E-state index contributed by atoms with van der Waals surface area (Å²) in [5.74, 6) is 1.80. The number of furan rings is 1. The lowest BCUT2D eigenvalue weighted by Gasteiger charge is -2.22. The third kappa shape index (κ3) is 5.56. The molecule has 0 radical (unpaired) electrons. The molecule has 11 rings (SSSR count). The third-order valence-electron chi connectivity index (χ3n) is 11.8. The Morgan fingerprint density at radius 3 is 1.66 bits per heavy atom. The van der Waals surface area contributed by atoms with Crippen LogP contribution in [0.5, 0.6) is 0 Å². The molecule has 4 heteroatoms. The van der Waals surface area contributed by atoms with Crippen molar-refractivity contribution in [1.82, 2.24) is 15.0 Å². The van der Waals surface area contributed by atoms with Crippen LogP contribution in [0.3, 0.4) is 0 Å². The van der Waals surface area contributed by atoms with Crippen LogP contribution in [0.2, 0.25) is 0 Å². The van der Waals surface area contributed by atoms with Gasteiger partial charge in [0, 0.05) is 32.9 Å². The van der Waals surface area contributed by atoms with Gasteiger partial charge in [0.15, 0.2) is 17.5 Å². The normalized spacial score (nSPS) is 12.8. The maximum absolute atomic E-state index is 6.55. The fraction of sp³-hybridized carbons (Fsp3) is 0.0556. The predicted octanol–water partition coefficient (Wildman–Crippen LogP) is 14.1. The van der Waals surface area contributed by atoms with Gasteiger partial charge in [-0.1, -0.05) is 178 Å². The Hall–Kier alpha value is -7.43.